The summed E-state index contributed by atoms with van der Waals surface area (Å²) in [6.45, 7) is 1.73. The first-order chi connectivity index (χ1) is 15.5. The highest BCUT2D eigenvalue weighted by atomic mass is 32.2. The molecule has 2 heterocycles. The number of amides is 2. The molecule has 1 atom stereocenters. The van der Waals surface area contributed by atoms with E-state index in [4.69, 9.17) is 9.15 Å². The highest BCUT2D eigenvalue weighted by Crippen LogP contribution is 2.28. The normalized spacial score (nSPS) is 14.4. The van der Waals surface area contributed by atoms with Gasteiger partial charge in [-0.1, -0.05) is 12.1 Å². The molecule has 0 N–H and O–H groups in total. The zero-order chi connectivity index (χ0) is 23.9. The lowest BCUT2D eigenvalue weighted by Crippen LogP contribution is -2.47. The number of imide groups is 1. The summed E-state index contributed by atoms with van der Waals surface area (Å²) in [6, 6.07) is 10.4. The van der Waals surface area contributed by atoms with E-state index in [1.165, 1.54) is 30.3 Å². The van der Waals surface area contributed by atoms with Crippen molar-refractivity contribution in [2.45, 2.75) is 19.4 Å². The Hall–Kier alpha value is -3.79. The Morgan fingerprint density at radius 3 is 2.27 bits per heavy atom. The van der Waals surface area contributed by atoms with Gasteiger partial charge >= 0.3 is 11.6 Å². The first kappa shape index (κ1) is 22.4. The van der Waals surface area contributed by atoms with Crippen LogP contribution in [0.2, 0.25) is 0 Å². The van der Waals surface area contributed by atoms with Gasteiger partial charge in [0.15, 0.2) is 0 Å². The molecule has 0 radical (unpaired) electrons. The lowest BCUT2D eigenvalue weighted by Gasteiger charge is -2.24. The number of hydrogen-bond acceptors (Lipinski definition) is 8. The van der Waals surface area contributed by atoms with Crippen LogP contribution in [0.15, 0.2) is 57.7 Å². The molecule has 10 heteroatoms. The number of esters is 1. The molecule has 1 aromatic heterocycles. The van der Waals surface area contributed by atoms with E-state index in [-0.39, 0.29) is 28.9 Å². The van der Waals surface area contributed by atoms with Crippen molar-refractivity contribution < 1.29 is 32.0 Å². The van der Waals surface area contributed by atoms with E-state index in [2.05, 4.69) is 0 Å². The van der Waals surface area contributed by atoms with Crippen LogP contribution in [0.4, 0.5) is 0 Å². The molecule has 1 unspecified atom stereocenters. The van der Waals surface area contributed by atoms with E-state index in [1.807, 2.05) is 0 Å². The Bertz CT molecular complexity index is 1440. The molecule has 4 rings (SSSR count). The summed E-state index contributed by atoms with van der Waals surface area (Å²) in [4.78, 5) is 51.2. The van der Waals surface area contributed by atoms with Crippen molar-refractivity contribution in [1.29, 1.82) is 0 Å². The SMILES string of the molecule is Cc1cc(=O)oc2cc(OC(=O)C(CCS(C)(=O)=O)N3C(=O)c4ccccc4C3=O)ccc12. The minimum atomic E-state index is -3.50. The number of carbonyl (C=O) groups is 3. The molecule has 1 aliphatic rings. The number of ether oxygens (including phenoxy) is 1. The molecule has 9 nitrogen and oxygen atoms in total. The minimum Gasteiger partial charge on any atom is -0.425 e. The summed E-state index contributed by atoms with van der Waals surface area (Å²) in [5, 5.41) is 0.642. The van der Waals surface area contributed by atoms with Crippen LogP contribution in [0.25, 0.3) is 11.0 Å². The van der Waals surface area contributed by atoms with Gasteiger partial charge in [0.25, 0.3) is 11.8 Å². The maximum atomic E-state index is 13.1. The van der Waals surface area contributed by atoms with E-state index in [0.29, 0.717) is 10.9 Å². The molecule has 0 saturated heterocycles. The Balaban J connectivity index is 1.67. The van der Waals surface area contributed by atoms with Gasteiger partial charge in [0.2, 0.25) is 0 Å². The lowest BCUT2D eigenvalue weighted by molar-refractivity contribution is -0.138. The van der Waals surface area contributed by atoms with Gasteiger partial charge in [0, 0.05) is 23.8 Å². The molecule has 0 spiro atoms. The maximum absolute atomic E-state index is 13.1. The van der Waals surface area contributed by atoms with Crippen LogP contribution in [0.1, 0.15) is 32.7 Å². The zero-order valence-electron chi connectivity index (χ0n) is 17.7. The lowest BCUT2D eigenvalue weighted by atomic mass is 10.1. The molecule has 170 valence electrons. The van der Waals surface area contributed by atoms with Gasteiger partial charge in [0.1, 0.15) is 27.2 Å². The molecular formula is C23H19NO8S. The Labute approximate surface area is 188 Å². The van der Waals surface area contributed by atoms with Crippen molar-refractivity contribution in [2.75, 3.05) is 12.0 Å². The average molecular weight is 469 g/mol. The van der Waals surface area contributed by atoms with E-state index in [9.17, 15) is 27.6 Å². The van der Waals surface area contributed by atoms with Gasteiger partial charge in [0.05, 0.1) is 16.9 Å². The van der Waals surface area contributed by atoms with Crippen molar-refractivity contribution in [3.05, 3.63) is 75.6 Å². The monoisotopic (exact) mass is 469 g/mol. The van der Waals surface area contributed by atoms with Crippen molar-refractivity contribution >= 4 is 38.6 Å². The van der Waals surface area contributed by atoms with Crippen LogP contribution < -0.4 is 10.4 Å². The summed E-state index contributed by atoms with van der Waals surface area (Å²) in [7, 11) is -3.50. The smallest absolute Gasteiger partial charge is 0.336 e. The highest BCUT2D eigenvalue weighted by Gasteiger charge is 2.43. The average Bonchev–Trinajstić information content (AvgIpc) is 2.98. The second-order valence-electron chi connectivity index (χ2n) is 7.79. The third-order valence-corrected chi connectivity index (χ3v) is 6.29. The summed E-state index contributed by atoms with van der Waals surface area (Å²) < 4.78 is 34.0. The summed E-state index contributed by atoms with van der Waals surface area (Å²) in [5.41, 5.74) is 0.556. The Kier molecular flexibility index (Phi) is 5.62. The molecule has 2 aromatic carbocycles. The predicted octanol–water partition coefficient (Wildman–Crippen LogP) is 2.11. The highest BCUT2D eigenvalue weighted by molar-refractivity contribution is 7.90. The largest absolute Gasteiger partial charge is 0.425 e. The van der Waals surface area contributed by atoms with E-state index < -0.39 is 45.0 Å². The molecule has 0 saturated carbocycles. The van der Waals surface area contributed by atoms with Crippen molar-refractivity contribution in [3.8, 4) is 5.75 Å². The van der Waals surface area contributed by atoms with Crippen LogP contribution in [0.5, 0.6) is 5.75 Å². The number of nitrogens with zero attached hydrogens (tertiary/aromatic N) is 1. The van der Waals surface area contributed by atoms with E-state index in [0.717, 1.165) is 11.2 Å². The number of benzene rings is 2. The van der Waals surface area contributed by atoms with Crippen LogP contribution >= 0.6 is 0 Å². The van der Waals surface area contributed by atoms with Gasteiger partial charge in [-0.25, -0.2) is 18.0 Å². The molecule has 0 fully saturated rings. The van der Waals surface area contributed by atoms with Crippen LogP contribution in [-0.4, -0.2) is 49.2 Å². The first-order valence-corrected chi connectivity index (χ1v) is 12.0. The number of carbonyl (C=O) groups excluding carboxylic acids is 3. The first-order valence-electron chi connectivity index (χ1n) is 9.96. The van der Waals surface area contributed by atoms with Crippen molar-refractivity contribution in [3.63, 3.8) is 0 Å². The predicted molar refractivity (Wildman–Crippen MR) is 118 cm³/mol. The van der Waals surface area contributed by atoms with E-state index >= 15 is 0 Å². The topological polar surface area (TPSA) is 128 Å². The number of fused-ring (bicyclic) bond motifs is 2. The molecule has 0 aliphatic carbocycles. The second-order valence-corrected chi connectivity index (χ2v) is 10.0. The standard InChI is InChI=1S/C23H19NO8S/c1-13-11-20(25)32-19-12-14(7-8-15(13)19)31-23(28)18(9-10-33(2,29)30)24-21(26)16-5-3-4-6-17(16)22(24)27/h3-8,11-12,18H,9-10H2,1-2H3. The second kappa shape index (κ2) is 8.28. The Morgan fingerprint density at radius 2 is 1.67 bits per heavy atom. The van der Waals surface area contributed by atoms with Gasteiger partial charge in [-0.2, -0.15) is 0 Å². The summed E-state index contributed by atoms with van der Waals surface area (Å²) in [5.74, 6) is -2.81. The van der Waals surface area contributed by atoms with Crippen LogP contribution in [0, 0.1) is 6.92 Å². The van der Waals surface area contributed by atoms with Crippen LogP contribution in [0.3, 0.4) is 0 Å². The third kappa shape index (κ3) is 4.42. The number of rotatable bonds is 6. The number of aryl methyl sites for hydroxylation is 1. The Morgan fingerprint density at radius 1 is 1.03 bits per heavy atom. The fraction of sp³-hybridized carbons (Fsp3) is 0.217. The quantitative estimate of drug-likeness (QED) is 0.232. The van der Waals surface area contributed by atoms with Crippen LogP contribution in [-0.2, 0) is 14.6 Å². The molecule has 1 aliphatic heterocycles. The van der Waals surface area contributed by atoms with Crippen molar-refractivity contribution in [2.24, 2.45) is 0 Å². The van der Waals surface area contributed by atoms with E-state index in [1.54, 1.807) is 25.1 Å². The van der Waals surface area contributed by atoms with Gasteiger partial charge < -0.3 is 9.15 Å². The third-order valence-electron chi connectivity index (χ3n) is 5.31. The van der Waals surface area contributed by atoms with Gasteiger partial charge in [-0.15, -0.1) is 0 Å². The maximum Gasteiger partial charge on any atom is 0.336 e. The molecule has 0 bridgehead atoms. The summed E-state index contributed by atoms with van der Waals surface area (Å²) >= 11 is 0. The molecule has 3 aromatic rings. The van der Waals surface area contributed by atoms with Crippen molar-refractivity contribution in [1.82, 2.24) is 4.90 Å². The van der Waals surface area contributed by atoms with Gasteiger partial charge in [-0.3, -0.25) is 14.5 Å². The molecule has 2 amide bonds. The fourth-order valence-corrected chi connectivity index (χ4v) is 4.37. The summed E-state index contributed by atoms with van der Waals surface area (Å²) in [6.07, 6.45) is 0.663. The fourth-order valence-electron chi connectivity index (χ4n) is 3.72. The number of sulfone groups is 1. The molecular weight excluding hydrogens is 450 g/mol. The minimum absolute atomic E-state index is 0.0159. The van der Waals surface area contributed by atoms with Gasteiger partial charge in [-0.05, 0) is 43.2 Å². The molecule has 33 heavy (non-hydrogen) atoms. The number of hydrogen-bond donors (Lipinski definition) is 0. The zero-order valence-corrected chi connectivity index (χ0v) is 18.5.